The van der Waals surface area contributed by atoms with E-state index in [0.717, 1.165) is 29.1 Å². The molecule has 0 aliphatic rings. The molecule has 0 radical (unpaired) electrons. The van der Waals surface area contributed by atoms with E-state index in [4.69, 9.17) is 11.6 Å². The van der Waals surface area contributed by atoms with Crippen LogP contribution in [0.15, 0.2) is 18.2 Å². The third kappa shape index (κ3) is 2.07. The van der Waals surface area contributed by atoms with Crippen LogP contribution in [-0.2, 0) is 0 Å². The summed E-state index contributed by atoms with van der Waals surface area (Å²) in [5.74, 6) is 1.58. The maximum atomic E-state index is 5.71. The molecule has 0 bridgehead atoms. The van der Waals surface area contributed by atoms with Crippen molar-refractivity contribution in [3.8, 4) is 0 Å². The zero-order chi connectivity index (χ0) is 10.8. The van der Waals surface area contributed by atoms with E-state index >= 15 is 0 Å². The molecule has 0 unspecified atom stereocenters. The summed E-state index contributed by atoms with van der Waals surface area (Å²) >= 11 is 5.71. The van der Waals surface area contributed by atoms with Crippen LogP contribution in [0.4, 0.5) is 5.69 Å². The topological polar surface area (TPSA) is 31.9 Å². The van der Waals surface area contributed by atoms with Crippen molar-refractivity contribution in [1.82, 2.24) is 9.97 Å². The first kappa shape index (κ1) is 10.3. The van der Waals surface area contributed by atoms with E-state index in [1.807, 2.05) is 20.0 Å². The molecule has 0 aliphatic heterocycles. The number of aromatic amines is 1. The van der Waals surface area contributed by atoms with E-state index in [1.165, 1.54) is 0 Å². The third-order valence-electron chi connectivity index (χ3n) is 2.44. The minimum atomic E-state index is 0.635. The Labute approximate surface area is 94.1 Å². The van der Waals surface area contributed by atoms with E-state index in [1.54, 1.807) is 0 Å². The number of halogens is 1. The highest BCUT2D eigenvalue weighted by Crippen LogP contribution is 2.19. The second kappa shape index (κ2) is 4.11. The van der Waals surface area contributed by atoms with Gasteiger partial charge in [0.1, 0.15) is 5.82 Å². The van der Waals surface area contributed by atoms with Crippen molar-refractivity contribution in [3.63, 3.8) is 0 Å². The Bertz CT molecular complexity index is 464. The van der Waals surface area contributed by atoms with E-state index in [-0.39, 0.29) is 0 Å². The van der Waals surface area contributed by atoms with Crippen molar-refractivity contribution in [2.24, 2.45) is 0 Å². The Kier molecular flexibility index (Phi) is 2.82. The van der Waals surface area contributed by atoms with Crippen LogP contribution < -0.4 is 4.90 Å². The molecule has 0 saturated carbocycles. The number of H-pyrrole nitrogens is 1. The Morgan fingerprint density at radius 3 is 3.00 bits per heavy atom. The number of aromatic nitrogens is 2. The van der Waals surface area contributed by atoms with Gasteiger partial charge in [-0.15, -0.1) is 11.6 Å². The average Bonchev–Trinajstić information content (AvgIpc) is 2.57. The summed E-state index contributed by atoms with van der Waals surface area (Å²) in [6.07, 6.45) is 0. The van der Waals surface area contributed by atoms with Crippen LogP contribution in [0.25, 0.3) is 11.0 Å². The van der Waals surface area contributed by atoms with Gasteiger partial charge in [0.15, 0.2) is 0 Å². The molecule has 0 amide bonds. The average molecular weight is 224 g/mol. The summed E-state index contributed by atoms with van der Waals surface area (Å²) in [7, 11) is 2.03. The fourth-order valence-corrected chi connectivity index (χ4v) is 1.87. The molecule has 80 valence electrons. The highest BCUT2D eigenvalue weighted by atomic mass is 35.5. The van der Waals surface area contributed by atoms with E-state index in [9.17, 15) is 0 Å². The number of anilines is 1. The first-order valence-electron chi connectivity index (χ1n) is 4.94. The van der Waals surface area contributed by atoms with Crippen molar-refractivity contribution < 1.29 is 0 Å². The Morgan fingerprint density at radius 1 is 1.47 bits per heavy atom. The van der Waals surface area contributed by atoms with E-state index in [2.05, 4.69) is 27.0 Å². The van der Waals surface area contributed by atoms with Crippen LogP contribution in [0.3, 0.4) is 0 Å². The molecule has 15 heavy (non-hydrogen) atoms. The first-order chi connectivity index (χ1) is 7.20. The summed E-state index contributed by atoms with van der Waals surface area (Å²) in [4.78, 5) is 9.71. The molecule has 1 aromatic heterocycles. The zero-order valence-electron chi connectivity index (χ0n) is 8.92. The number of fused-ring (bicyclic) bond motifs is 1. The molecule has 4 heteroatoms. The summed E-state index contributed by atoms with van der Waals surface area (Å²) in [6, 6.07) is 6.19. The fourth-order valence-electron chi connectivity index (χ4n) is 1.62. The van der Waals surface area contributed by atoms with Gasteiger partial charge >= 0.3 is 0 Å². The van der Waals surface area contributed by atoms with Gasteiger partial charge in [-0.25, -0.2) is 4.98 Å². The van der Waals surface area contributed by atoms with Gasteiger partial charge in [-0.05, 0) is 25.1 Å². The van der Waals surface area contributed by atoms with Crippen LogP contribution in [0.1, 0.15) is 5.82 Å². The number of benzene rings is 1. The lowest BCUT2D eigenvalue weighted by Crippen LogP contribution is -2.19. The molecule has 0 spiro atoms. The molecule has 2 aromatic rings. The van der Waals surface area contributed by atoms with Gasteiger partial charge in [-0.1, -0.05) is 0 Å². The number of aryl methyl sites for hydroxylation is 1. The number of hydrogen-bond donors (Lipinski definition) is 1. The Balaban J connectivity index is 2.37. The normalized spacial score (nSPS) is 10.9. The molecular formula is C11H14ClN3. The number of nitrogens with one attached hydrogen (secondary N) is 1. The smallest absolute Gasteiger partial charge is 0.104 e. The van der Waals surface area contributed by atoms with Gasteiger partial charge in [0.2, 0.25) is 0 Å². The fraction of sp³-hybridized carbons (Fsp3) is 0.364. The number of alkyl halides is 1. The molecule has 3 nitrogen and oxygen atoms in total. The lowest BCUT2D eigenvalue weighted by atomic mass is 10.2. The van der Waals surface area contributed by atoms with E-state index in [0.29, 0.717) is 5.88 Å². The van der Waals surface area contributed by atoms with Gasteiger partial charge in [-0.2, -0.15) is 0 Å². The Morgan fingerprint density at radius 2 is 2.27 bits per heavy atom. The van der Waals surface area contributed by atoms with Crippen LogP contribution in [0.5, 0.6) is 0 Å². The van der Waals surface area contributed by atoms with Gasteiger partial charge in [0, 0.05) is 25.2 Å². The van der Waals surface area contributed by atoms with Gasteiger partial charge < -0.3 is 9.88 Å². The third-order valence-corrected chi connectivity index (χ3v) is 2.61. The van der Waals surface area contributed by atoms with Crippen molar-refractivity contribution in [1.29, 1.82) is 0 Å². The molecule has 1 N–H and O–H groups in total. The van der Waals surface area contributed by atoms with Crippen molar-refractivity contribution in [2.75, 3.05) is 24.4 Å². The van der Waals surface area contributed by atoms with Crippen LogP contribution in [-0.4, -0.2) is 29.4 Å². The number of imidazole rings is 1. The molecule has 1 aromatic carbocycles. The summed E-state index contributed by atoms with van der Waals surface area (Å²) in [5, 5.41) is 0. The van der Waals surface area contributed by atoms with Crippen molar-refractivity contribution >= 4 is 28.3 Å². The molecule has 0 aliphatic carbocycles. The Hall–Kier alpha value is -1.22. The number of nitrogens with zero attached hydrogens (tertiary/aromatic N) is 2. The summed E-state index contributed by atoms with van der Waals surface area (Å²) in [5.41, 5.74) is 3.24. The molecule has 0 saturated heterocycles. The minimum absolute atomic E-state index is 0.635. The maximum Gasteiger partial charge on any atom is 0.104 e. The predicted octanol–water partition coefficient (Wildman–Crippen LogP) is 2.55. The zero-order valence-corrected chi connectivity index (χ0v) is 9.67. The molecule has 2 rings (SSSR count). The van der Waals surface area contributed by atoms with Crippen molar-refractivity contribution in [3.05, 3.63) is 24.0 Å². The second-order valence-electron chi connectivity index (χ2n) is 3.63. The SMILES string of the molecule is Cc1nc2ccc(N(C)CCCl)cc2[nH]1. The van der Waals surface area contributed by atoms with Crippen LogP contribution in [0.2, 0.25) is 0 Å². The molecule has 0 atom stereocenters. The van der Waals surface area contributed by atoms with Gasteiger partial charge in [0.05, 0.1) is 11.0 Å². The monoisotopic (exact) mass is 223 g/mol. The number of rotatable bonds is 3. The quantitative estimate of drug-likeness (QED) is 0.811. The lowest BCUT2D eigenvalue weighted by molar-refractivity contribution is 0.975. The van der Waals surface area contributed by atoms with Crippen LogP contribution in [0, 0.1) is 6.92 Å². The molecule has 0 fully saturated rings. The van der Waals surface area contributed by atoms with Crippen LogP contribution >= 0.6 is 11.6 Å². The summed E-state index contributed by atoms with van der Waals surface area (Å²) in [6.45, 7) is 2.81. The summed E-state index contributed by atoms with van der Waals surface area (Å²) < 4.78 is 0. The maximum absolute atomic E-state index is 5.71. The predicted molar refractivity (Wildman–Crippen MR) is 64.8 cm³/mol. The minimum Gasteiger partial charge on any atom is -0.373 e. The lowest BCUT2D eigenvalue weighted by Gasteiger charge is -2.17. The highest BCUT2D eigenvalue weighted by Gasteiger charge is 2.03. The van der Waals surface area contributed by atoms with Crippen molar-refractivity contribution in [2.45, 2.75) is 6.92 Å². The van der Waals surface area contributed by atoms with Gasteiger partial charge in [-0.3, -0.25) is 0 Å². The molecule has 1 heterocycles. The van der Waals surface area contributed by atoms with Gasteiger partial charge in [0.25, 0.3) is 0 Å². The van der Waals surface area contributed by atoms with E-state index < -0.39 is 0 Å². The first-order valence-corrected chi connectivity index (χ1v) is 5.47. The standard InChI is InChI=1S/C11H14ClN3/c1-8-13-10-4-3-9(7-11(10)14-8)15(2)6-5-12/h3-4,7H,5-6H2,1-2H3,(H,13,14). The second-order valence-corrected chi connectivity index (χ2v) is 4.01. The molecular weight excluding hydrogens is 210 g/mol. The largest absolute Gasteiger partial charge is 0.373 e. The highest BCUT2D eigenvalue weighted by molar-refractivity contribution is 6.18. The number of hydrogen-bond acceptors (Lipinski definition) is 2.